The Morgan fingerprint density at radius 1 is 0.592 bits per heavy atom. The Balaban J connectivity index is 3.18. The zero-order valence-corrected chi connectivity index (χ0v) is 27.4. The Bertz CT molecular complexity index is 1590. The van der Waals surface area contributed by atoms with Crippen molar-refractivity contribution in [1.82, 2.24) is 0 Å². The highest BCUT2D eigenvalue weighted by Gasteiger charge is 2.56. The second-order valence-corrected chi connectivity index (χ2v) is 13.4. The average Bonchev–Trinajstić information content (AvgIpc) is 2.85. The van der Waals surface area contributed by atoms with Crippen molar-refractivity contribution in [1.29, 1.82) is 0 Å². The van der Waals surface area contributed by atoms with Crippen molar-refractivity contribution in [2.24, 2.45) is 0 Å². The monoisotopic (exact) mass is 728 g/mol. The van der Waals surface area contributed by atoms with E-state index in [9.17, 15) is 78.2 Å². The van der Waals surface area contributed by atoms with Gasteiger partial charge in [0.15, 0.2) is 22.4 Å². The van der Waals surface area contributed by atoms with Gasteiger partial charge in [0.2, 0.25) is 0 Å². The molecule has 2 aromatic carbocycles. The van der Waals surface area contributed by atoms with E-state index >= 15 is 0 Å². The number of hydrogen-bond acceptors (Lipinski definition) is 5. The molecule has 0 saturated heterocycles. The van der Waals surface area contributed by atoms with E-state index in [2.05, 4.69) is 0 Å². The Labute approximate surface area is 273 Å². The lowest BCUT2D eigenvalue weighted by Crippen LogP contribution is -2.44. The lowest BCUT2D eigenvalue weighted by Gasteiger charge is -2.38. The van der Waals surface area contributed by atoms with Crippen LogP contribution in [-0.4, -0.2) is 61.4 Å². The zero-order chi connectivity index (χ0) is 38.9. The highest BCUT2D eigenvalue weighted by atomic mass is 19.4. The number of benzene rings is 2. The van der Waals surface area contributed by atoms with Crippen LogP contribution in [0.4, 0.5) is 52.7 Å². The molecule has 0 saturated carbocycles. The number of aryl methyl sites for hydroxylation is 2. The molecule has 0 aromatic heterocycles. The molecular formula is C32H36F12O5. The van der Waals surface area contributed by atoms with E-state index < -0.39 is 92.5 Å². The maximum Gasteiger partial charge on any atom is 0.421 e. The SMILES string of the molecule is Cc1cc(C(C)(C)c2c(C)cc(/C(=C/C(C)(O)C(F)(F)F)CC(C)(O)C(F)(F)F)cc2C(C)(O)C(F)(F)F)cc(C(C)(O)C(F)(F)F)c1O. The van der Waals surface area contributed by atoms with Crippen LogP contribution in [0.5, 0.6) is 5.75 Å². The maximum absolute atomic E-state index is 14.4. The van der Waals surface area contributed by atoms with Gasteiger partial charge in [-0.25, -0.2) is 0 Å². The van der Waals surface area contributed by atoms with Gasteiger partial charge in [-0.15, -0.1) is 0 Å². The first-order valence-electron chi connectivity index (χ1n) is 14.2. The highest BCUT2D eigenvalue weighted by Crippen LogP contribution is 2.50. The normalized spacial score (nSPS) is 19.1. The zero-order valence-electron chi connectivity index (χ0n) is 27.4. The summed E-state index contributed by atoms with van der Waals surface area (Å²) < 4.78 is 167. The highest BCUT2D eigenvalue weighted by molar-refractivity contribution is 5.71. The number of aliphatic hydroxyl groups is 4. The van der Waals surface area contributed by atoms with Gasteiger partial charge >= 0.3 is 24.7 Å². The summed E-state index contributed by atoms with van der Waals surface area (Å²) in [6.45, 7) is 5.44. The molecule has 2 rings (SSSR count). The molecule has 4 atom stereocenters. The lowest BCUT2D eigenvalue weighted by molar-refractivity contribution is -0.259. The van der Waals surface area contributed by atoms with Gasteiger partial charge in [0, 0.05) is 17.4 Å². The van der Waals surface area contributed by atoms with Crippen molar-refractivity contribution >= 4 is 5.57 Å². The van der Waals surface area contributed by atoms with Gasteiger partial charge in [-0.3, -0.25) is 0 Å². The van der Waals surface area contributed by atoms with Crippen molar-refractivity contribution in [2.45, 2.75) is 114 Å². The van der Waals surface area contributed by atoms with Crippen LogP contribution in [0.2, 0.25) is 0 Å². The third-order valence-corrected chi connectivity index (χ3v) is 8.68. The fourth-order valence-corrected chi connectivity index (χ4v) is 5.28. The number of hydrogen-bond donors (Lipinski definition) is 5. The summed E-state index contributed by atoms with van der Waals surface area (Å²) >= 11 is 0. The Morgan fingerprint density at radius 3 is 1.45 bits per heavy atom. The van der Waals surface area contributed by atoms with Crippen molar-refractivity contribution in [3.8, 4) is 5.75 Å². The topological polar surface area (TPSA) is 101 Å². The first-order valence-corrected chi connectivity index (χ1v) is 14.2. The van der Waals surface area contributed by atoms with E-state index in [0.717, 1.165) is 26.0 Å². The molecule has 0 aliphatic rings. The fourth-order valence-electron chi connectivity index (χ4n) is 5.28. The molecule has 4 unspecified atom stereocenters. The van der Waals surface area contributed by atoms with Gasteiger partial charge in [0.25, 0.3) is 0 Å². The van der Waals surface area contributed by atoms with Crippen LogP contribution >= 0.6 is 0 Å². The smallest absolute Gasteiger partial charge is 0.421 e. The molecule has 278 valence electrons. The van der Waals surface area contributed by atoms with Gasteiger partial charge in [0.05, 0.1) is 0 Å². The van der Waals surface area contributed by atoms with E-state index in [0.29, 0.717) is 19.1 Å². The Hall–Kier alpha value is -3.02. The van der Waals surface area contributed by atoms with Crippen LogP contribution in [-0.2, 0) is 16.6 Å². The average molecular weight is 729 g/mol. The van der Waals surface area contributed by atoms with Crippen molar-refractivity contribution in [3.63, 3.8) is 0 Å². The van der Waals surface area contributed by atoms with Crippen molar-refractivity contribution in [2.75, 3.05) is 0 Å². The van der Waals surface area contributed by atoms with Crippen LogP contribution < -0.4 is 0 Å². The summed E-state index contributed by atoms with van der Waals surface area (Å²) in [5.41, 5.74) is -22.7. The summed E-state index contributed by atoms with van der Waals surface area (Å²) in [6, 6.07) is 3.00. The van der Waals surface area contributed by atoms with Crippen molar-refractivity contribution < 1.29 is 78.2 Å². The minimum Gasteiger partial charge on any atom is -0.507 e. The molecule has 0 aliphatic heterocycles. The molecule has 0 fully saturated rings. The number of phenolic OH excluding ortho intramolecular Hbond substituents is 1. The van der Waals surface area contributed by atoms with E-state index in [1.165, 1.54) is 13.8 Å². The molecule has 0 aliphatic carbocycles. The largest absolute Gasteiger partial charge is 0.507 e. The molecule has 0 amide bonds. The van der Waals surface area contributed by atoms with E-state index in [1.807, 2.05) is 0 Å². The van der Waals surface area contributed by atoms with Crippen LogP contribution in [0, 0.1) is 13.8 Å². The Kier molecular flexibility index (Phi) is 10.6. The van der Waals surface area contributed by atoms with Gasteiger partial charge in [-0.1, -0.05) is 26.0 Å². The molecule has 0 bridgehead atoms. The molecule has 5 nitrogen and oxygen atoms in total. The summed E-state index contributed by atoms with van der Waals surface area (Å²) in [4.78, 5) is 0. The van der Waals surface area contributed by atoms with E-state index in [-0.39, 0.29) is 43.5 Å². The number of aromatic hydroxyl groups is 1. The van der Waals surface area contributed by atoms with Gasteiger partial charge in [-0.2, -0.15) is 52.7 Å². The standard InChI is InChI=1S/C32H36F12O5/c1-15-9-17(18(13-25(5,46)29(33,34)35)14-26(6,47)30(36,37)38)11-20(27(7,48)31(39,40)41)22(15)24(3,4)19-10-16(2)23(45)21(12-19)28(8,49)32(42,43)44/h9-13,45-49H,14H2,1-8H3/b18-13+. The minimum absolute atomic E-state index is 0.117. The summed E-state index contributed by atoms with van der Waals surface area (Å²) in [5, 5.41) is 52.0. The molecule has 17 heteroatoms. The van der Waals surface area contributed by atoms with Crippen LogP contribution in [0.25, 0.3) is 5.57 Å². The molecule has 5 N–H and O–H groups in total. The molecule has 2 aromatic rings. The minimum atomic E-state index is -5.57. The number of halogens is 12. The summed E-state index contributed by atoms with van der Waals surface area (Å²) in [6.07, 6.45) is -23.8. The van der Waals surface area contributed by atoms with Crippen molar-refractivity contribution in [3.05, 3.63) is 69.3 Å². The first-order chi connectivity index (χ1) is 21.3. The fraction of sp³-hybridized carbons (Fsp3) is 0.562. The van der Waals surface area contributed by atoms with Gasteiger partial charge in [0.1, 0.15) is 5.75 Å². The second kappa shape index (κ2) is 12.3. The molecular weight excluding hydrogens is 692 g/mol. The molecule has 0 radical (unpaired) electrons. The van der Waals surface area contributed by atoms with Gasteiger partial charge < -0.3 is 25.5 Å². The molecule has 0 heterocycles. The van der Waals surface area contributed by atoms with Crippen LogP contribution in [0.3, 0.4) is 0 Å². The van der Waals surface area contributed by atoms with Crippen LogP contribution in [0.15, 0.2) is 30.3 Å². The maximum atomic E-state index is 14.4. The third kappa shape index (κ3) is 7.84. The molecule has 0 spiro atoms. The Morgan fingerprint density at radius 2 is 1.04 bits per heavy atom. The lowest BCUT2D eigenvalue weighted by atomic mass is 9.69. The van der Waals surface area contributed by atoms with E-state index in [1.54, 1.807) is 0 Å². The third-order valence-electron chi connectivity index (χ3n) is 8.68. The first kappa shape index (κ1) is 42.1. The summed E-state index contributed by atoms with van der Waals surface area (Å²) in [7, 11) is 0. The predicted octanol–water partition coefficient (Wildman–Crippen LogP) is 8.27. The van der Waals surface area contributed by atoms with Crippen LogP contribution in [0.1, 0.15) is 86.9 Å². The van der Waals surface area contributed by atoms with Gasteiger partial charge in [-0.05, 0) is 98.7 Å². The summed E-state index contributed by atoms with van der Waals surface area (Å²) in [5.74, 6) is -1.00. The molecule has 49 heavy (non-hydrogen) atoms. The predicted molar refractivity (Wildman–Crippen MR) is 153 cm³/mol. The van der Waals surface area contributed by atoms with E-state index in [4.69, 9.17) is 0 Å². The second-order valence-electron chi connectivity index (χ2n) is 13.4. The number of phenols is 1. The number of alkyl halides is 12. The number of rotatable bonds is 8. The quantitative estimate of drug-likeness (QED) is 0.176.